The van der Waals surface area contributed by atoms with Crippen molar-refractivity contribution < 1.29 is 39.0 Å². The molecular formula is C17H29N5O8S2. The number of nitrogens with one attached hydrogen (secondary N) is 3. The Kier molecular flexibility index (Phi) is 14.1. The second-order valence-corrected chi connectivity index (χ2v) is 8.05. The fraction of sp³-hybridized carbons (Fsp3) is 0.647. The van der Waals surface area contributed by atoms with Gasteiger partial charge in [0, 0.05) is 12.2 Å². The molecule has 0 rings (SSSR count). The summed E-state index contributed by atoms with van der Waals surface area (Å²) >= 11 is 5.37. The third kappa shape index (κ3) is 11.8. The molecule has 0 aliphatic rings. The van der Waals surface area contributed by atoms with Crippen molar-refractivity contribution in [3.8, 4) is 0 Å². The van der Waals surface area contributed by atoms with E-state index in [1.165, 1.54) is 11.8 Å². The SMILES string of the molecule is CSCCC(NC(=O)C(CS)NC(=O)C(N)CC(=O)O)C(=O)NC(CCC(N)=O)C(=O)O. The Hall–Kier alpha value is -2.52. The van der Waals surface area contributed by atoms with Crippen molar-refractivity contribution in [3.63, 3.8) is 0 Å². The van der Waals surface area contributed by atoms with Crippen LogP contribution in [0.15, 0.2) is 0 Å². The average molecular weight is 496 g/mol. The van der Waals surface area contributed by atoms with Gasteiger partial charge >= 0.3 is 11.9 Å². The molecule has 32 heavy (non-hydrogen) atoms. The molecule has 0 bridgehead atoms. The molecule has 0 aliphatic heterocycles. The lowest BCUT2D eigenvalue weighted by molar-refractivity contribution is -0.142. The molecule has 0 heterocycles. The van der Waals surface area contributed by atoms with E-state index in [-0.39, 0.29) is 25.0 Å². The van der Waals surface area contributed by atoms with E-state index >= 15 is 0 Å². The number of hydrogen-bond donors (Lipinski definition) is 8. The van der Waals surface area contributed by atoms with Gasteiger partial charge in [0.2, 0.25) is 23.6 Å². The number of hydrogen-bond acceptors (Lipinski definition) is 9. The highest BCUT2D eigenvalue weighted by molar-refractivity contribution is 7.98. The monoisotopic (exact) mass is 495 g/mol. The Balaban J connectivity index is 5.23. The third-order valence-electron chi connectivity index (χ3n) is 4.08. The summed E-state index contributed by atoms with van der Waals surface area (Å²) in [7, 11) is 0. The smallest absolute Gasteiger partial charge is 0.326 e. The molecule has 0 fully saturated rings. The number of carbonyl (C=O) groups is 6. The topological polar surface area (TPSA) is 231 Å². The zero-order chi connectivity index (χ0) is 24.8. The average Bonchev–Trinajstić information content (AvgIpc) is 2.70. The first kappa shape index (κ1) is 29.5. The molecule has 4 atom stereocenters. The number of primary amides is 1. The Morgan fingerprint density at radius 2 is 1.44 bits per heavy atom. The summed E-state index contributed by atoms with van der Waals surface area (Å²) in [6.07, 6.45) is 0.782. The van der Waals surface area contributed by atoms with Gasteiger partial charge in [-0.1, -0.05) is 0 Å². The van der Waals surface area contributed by atoms with Crippen molar-refractivity contribution in [2.75, 3.05) is 17.8 Å². The first-order chi connectivity index (χ1) is 14.9. The molecule has 0 aromatic carbocycles. The molecule has 9 N–H and O–H groups in total. The van der Waals surface area contributed by atoms with Gasteiger partial charge in [-0.05, 0) is 24.9 Å². The van der Waals surface area contributed by atoms with E-state index in [1.807, 2.05) is 0 Å². The second-order valence-electron chi connectivity index (χ2n) is 6.70. The lowest BCUT2D eigenvalue weighted by Gasteiger charge is -2.24. The number of thioether (sulfide) groups is 1. The number of nitrogens with two attached hydrogens (primary N) is 2. The molecule has 0 aromatic heterocycles. The van der Waals surface area contributed by atoms with Crippen LogP contribution in [0.25, 0.3) is 0 Å². The van der Waals surface area contributed by atoms with Crippen LogP contribution in [0.1, 0.15) is 25.7 Å². The molecular weight excluding hydrogens is 466 g/mol. The summed E-state index contributed by atoms with van der Waals surface area (Å²) in [4.78, 5) is 70.1. The molecule has 13 nitrogen and oxygen atoms in total. The zero-order valence-corrected chi connectivity index (χ0v) is 19.1. The maximum atomic E-state index is 12.6. The molecule has 0 aliphatic carbocycles. The molecule has 15 heteroatoms. The van der Waals surface area contributed by atoms with E-state index in [1.54, 1.807) is 6.26 Å². The highest BCUT2D eigenvalue weighted by Gasteiger charge is 2.30. The van der Waals surface area contributed by atoms with Crippen molar-refractivity contribution in [3.05, 3.63) is 0 Å². The fourth-order valence-electron chi connectivity index (χ4n) is 2.35. The van der Waals surface area contributed by atoms with Crippen LogP contribution < -0.4 is 27.4 Å². The molecule has 0 saturated carbocycles. The quantitative estimate of drug-likeness (QED) is 0.103. The molecule has 0 radical (unpaired) electrons. The molecule has 182 valence electrons. The van der Waals surface area contributed by atoms with Gasteiger partial charge in [-0.3, -0.25) is 24.0 Å². The number of rotatable bonds is 16. The molecule has 0 spiro atoms. The van der Waals surface area contributed by atoms with Crippen molar-refractivity contribution >= 4 is 60.0 Å². The van der Waals surface area contributed by atoms with Gasteiger partial charge in [0.25, 0.3) is 0 Å². The van der Waals surface area contributed by atoms with Gasteiger partial charge < -0.3 is 37.6 Å². The molecule has 0 aromatic rings. The number of aliphatic carboxylic acids is 2. The molecule has 4 unspecified atom stereocenters. The van der Waals surface area contributed by atoms with E-state index in [4.69, 9.17) is 16.6 Å². The first-order valence-electron chi connectivity index (χ1n) is 9.42. The summed E-state index contributed by atoms with van der Waals surface area (Å²) in [6, 6.07) is -5.14. The lowest BCUT2D eigenvalue weighted by Crippen LogP contribution is -2.57. The number of thiol groups is 1. The zero-order valence-electron chi connectivity index (χ0n) is 17.4. The molecule has 4 amide bonds. The summed E-state index contributed by atoms with van der Waals surface area (Å²) in [5, 5.41) is 24.9. The Morgan fingerprint density at radius 3 is 1.91 bits per heavy atom. The summed E-state index contributed by atoms with van der Waals surface area (Å²) in [5.41, 5.74) is 10.5. The van der Waals surface area contributed by atoms with Crippen molar-refractivity contribution in [2.24, 2.45) is 11.5 Å². The highest BCUT2D eigenvalue weighted by atomic mass is 32.2. The molecule has 0 saturated heterocycles. The standard InChI is InChI=1S/C17H29N5O8S2/c1-32-5-4-9(15(27)21-10(17(29)30)2-3-12(19)23)20-16(28)11(7-31)22-14(26)8(18)6-13(24)25/h8-11,31H,2-7,18H2,1H3,(H2,19,23)(H,20,28)(H,21,27)(H,22,26)(H,24,25)(H,29,30). The van der Waals surface area contributed by atoms with Gasteiger partial charge in [-0.15, -0.1) is 0 Å². The number of carboxylic acids is 2. The van der Waals surface area contributed by atoms with Crippen LogP contribution in [0, 0.1) is 0 Å². The van der Waals surface area contributed by atoms with Crippen LogP contribution >= 0.6 is 24.4 Å². The normalized spacial score (nSPS) is 14.3. The van der Waals surface area contributed by atoms with Crippen LogP contribution in [0.3, 0.4) is 0 Å². The largest absolute Gasteiger partial charge is 0.481 e. The van der Waals surface area contributed by atoms with Crippen LogP contribution in [0.2, 0.25) is 0 Å². The lowest BCUT2D eigenvalue weighted by atomic mass is 10.1. The fourth-order valence-corrected chi connectivity index (χ4v) is 3.08. The third-order valence-corrected chi connectivity index (χ3v) is 5.09. The maximum Gasteiger partial charge on any atom is 0.326 e. The van der Waals surface area contributed by atoms with Crippen molar-refractivity contribution in [1.29, 1.82) is 0 Å². The predicted octanol–water partition coefficient (Wildman–Crippen LogP) is -2.72. The minimum absolute atomic E-state index is 0.146. The van der Waals surface area contributed by atoms with Crippen molar-refractivity contribution in [1.82, 2.24) is 16.0 Å². The number of carbonyl (C=O) groups excluding carboxylic acids is 4. The van der Waals surface area contributed by atoms with Crippen LogP contribution in [-0.4, -0.2) is 87.7 Å². The second kappa shape index (κ2) is 15.3. The van der Waals surface area contributed by atoms with E-state index in [2.05, 4.69) is 28.6 Å². The van der Waals surface area contributed by atoms with Crippen LogP contribution in [0.4, 0.5) is 0 Å². The Bertz CT molecular complexity index is 708. The van der Waals surface area contributed by atoms with Gasteiger partial charge in [-0.25, -0.2) is 4.79 Å². The van der Waals surface area contributed by atoms with E-state index in [0.717, 1.165) is 0 Å². The minimum Gasteiger partial charge on any atom is -0.481 e. The number of carboxylic acid groups (broad SMARTS) is 2. The van der Waals surface area contributed by atoms with E-state index in [9.17, 15) is 33.9 Å². The summed E-state index contributed by atoms with van der Waals surface area (Å²) < 4.78 is 0. The maximum absolute atomic E-state index is 12.6. The summed E-state index contributed by atoms with van der Waals surface area (Å²) in [5.74, 6) is -5.60. The minimum atomic E-state index is -1.39. The van der Waals surface area contributed by atoms with Crippen LogP contribution in [-0.2, 0) is 28.8 Å². The van der Waals surface area contributed by atoms with E-state index < -0.39 is 66.2 Å². The van der Waals surface area contributed by atoms with Gasteiger partial charge in [0.15, 0.2) is 0 Å². The Labute approximate surface area is 194 Å². The van der Waals surface area contributed by atoms with Crippen molar-refractivity contribution in [2.45, 2.75) is 49.9 Å². The Morgan fingerprint density at radius 1 is 0.906 bits per heavy atom. The van der Waals surface area contributed by atoms with Gasteiger partial charge in [0.1, 0.15) is 18.1 Å². The first-order valence-corrected chi connectivity index (χ1v) is 11.4. The number of amides is 4. The highest BCUT2D eigenvalue weighted by Crippen LogP contribution is 2.05. The van der Waals surface area contributed by atoms with Gasteiger partial charge in [0.05, 0.1) is 12.5 Å². The summed E-state index contributed by atoms with van der Waals surface area (Å²) in [6.45, 7) is 0. The predicted molar refractivity (Wildman–Crippen MR) is 119 cm³/mol. The van der Waals surface area contributed by atoms with E-state index in [0.29, 0.717) is 5.75 Å². The van der Waals surface area contributed by atoms with Crippen LogP contribution in [0.5, 0.6) is 0 Å². The van der Waals surface area contributed by atoms with Gasteiger partial charge in [-0.2, -0.15) is 24.4 Å².